The molecule has 16 heavy (non-hydrogen) atoms. The van der Waals surface area contributed by atoms with E-state index in [-0.39, 0.29) is 0 Å². The minimum atomic E-state index is 0.721. The van der Waals surface area contributed by atoms with Crippen LogP contribution in [0.3, 0.4) is 0 Å². The molecule has 0 unspecified atom stereocenters. The van der Waals surface area contributed by atoms with Crippen LogP contribution in [-0.4, -0.2) is 14.6 Å². The molecular formula is C12H7ClN3. The number of nitrogens with zero attached hydrogens (tertiary/aromatic N) is 3. The molecule has 0 N–H and O–H groups in total. The average Bonchev–Trinajstić information content (AvgIpc) is 2.77. The minimum absolute atomic E-state index is 0.721. The molecule has 0 aliphatic heterocycles. The highest BCUT2D eigenvalue weighted by Gasteiger charge is 2.01. The molecule has 77 valence electrons. The van der Waals surface area contributed by atoms with Gasteiger partial charge < -0.3 is 0 Å². The normalized spacial score (nSPS) is 10.8. The van der Waals surface area contributed by atoms with Crippen molar-refractivity contribution in [2.24, 2.45) is 0 Å². The lowest BCUT2D eigenvalue weighted by Gasteiger charge is -2.00. The van der Waals surface area contributed by atoms with Crippen molar-refractivity contribution < 1.29 is 0 Å². The first kappa shape index (κ1) is 9.36. The number of aromatic nitrogens is 3. The van der Waals surface area contributed by atoms with Crippen molar-refractivity contribution >= 4 is 17.2 Å². The van der Waals surface area contributed by atoms with Crippen LogP contribution in [0.25, 0.3) is 16.9 Å². The third kappa shape index (κ3) is 1.55. The Kier molecular flexibility index (Phi) is 2.11. The van der Waals surface area contributed by atoms with Gasteiger partial charge in [-0.05, 0) is 18.2 Å². The standard InChI is InChI=1S/C12H7ClN3/c13-10-3-1-9(2-4-10)11-6-8-16-12(15-11)5-7-14-16/h1-7H. The highest BCUT2D eigenvalue weighted by atomic mass is 35.5. The zero-order valence-electron chi connectivity index (χ0n) is 8.26. The highest BCUT2D eigenvalue weighted by molar-refractivity contribution is 6.30. The van der Waals surface area contributed by atoms with Crippen LogP contribution in [0, 0.1) is 6.20 Å². The molecule has 3 nitrogen and oxygen atoms in total. The van der Waals surface area contributed by atoms with Crippen molar-refractivity contribution in [1.82, 2.24) is 14.6 Å². The van der Waals surface area contributed by atoms with E-state index in [1.165, 1.54) is 0 Å². The van der Waals surface area contributed by atoms with Gasteiger partial charge in [-0.15, -0.1) is 0 Å². The molecule has 2 aromatic heterocycles. The van der Waals surface area contributed by atoms with E-state index in [0.717, 1.165) is 21.9 Å². The maximum Gasteiger partial charge on any atom is 0.156 e. The lowest BCUT2D eigenvalue weighted by atomic mass is 10.1. The van der Waals surface area contributed by atoms with Crippen LogP contribution in [0.2, 0.25) is 5.02 Å². The Morgan fingerprint density at radius 3 is 2.75 bits per heavy atom. The van der Waals surface area contributed by atoms with Crippen molar-refractivity contribution in [1.29, 1.82) is 0 Å². The minimum Gasteiger partial charge on any atom is -0.228 e. The van der Waals surface area contributed by atoms with Gasteiger partial charge in [-0.25, -0.2) is 9.50 Å². The quantitative estimate of drug-likeness (QED) is 0.641. The van der Waals surface area contributed by atoms with Gasteiger partial charge in [-0.2, -0.15) is 5.10 Å². The van der Waals surface area contributed by atoms with Crippen LogP contribution < -0.4 is 0 Å². The van der Waals surface area contributed by atoms with Crippen LogP contribution in [0.1, 0.15) is 0 Å². The Morgan fingerprint density at radius 2 is 1.94 bits per heavy atom. The summed E-state index contributed by atoms with van der Waals surface area (Å²) in [4.78, 5) is 4.46. The first-order valence-electron chi connectivity index (χ1n) is 4.81. The fourth-order valence-corrected chi connectivity index (χ4v) is 1.65. The summed E-state index contributed by atoms with van der Waals surface area (Å²) in [6, 6.07) is 11.2. The van der Waals surface area contributed by atoms with Gasteiger partial charge in [0.25, 0.3) is 0 Å². The molecule has 4 heteroatoms. The van der Waals surface area contributed by atoms with Crippen LogP contribution in [0.15, 0.2) is 42.6 Å². The van der Waals surface area contributed by atoms with Gasteiger partial charge in [-0.1, -0.05) is 23.7 Å². The lowest BCUT2D eigenvalue weighted by molar-refractivity contribution is 0.932. The molecule has 0 fully saturated rings. The van der Waals surface area contributed by atoms with Crippen molar-refractivity contribution in [3.8, 4) is 11.3 Å². The number of fused-ring (bicyclic) bond motifs is 1. The number of benzene rings is 1. The first-order valence-corrected chi connectivity index (χ1v) is 5.19. The van der Waals surface area contributed by atoms with Crippen LogP contribution in [-0.2, 0) is 0 Å². The Hall–Kier alpha value is -1.87. The summed E-state index contributed by atoms with van der Waals surface area (Å²) < 4.78 is 1.61. The fourth-order valence-electron chi connectivity index (χ4n) is 1.53. The van der Waals surface area contributed by atoms with E-state index in [1.807, 2.05) is 36.4 Å². The Morgan fingerprint density at radius 1 is 1.12 bits per heavy atom. The van der Waals surface area contributed by atoms with Gasteiger partial charge in [0.1, 0.15) is 0 Å². The molecule has 3 aromatic rings. The van der Waals surface area contributed by atoms with Crippen molar-refractivity contribution in [2.45, 2.75) is 0 Å². The smallest absolute Gasteiger partial charge is 0.156 e. The molecule has 0 amide bonds. The fraction of sp³-hybridized carbons (Fsp3) is 0. The van der Waals surface area contributed by atoms with Crippen molar-refractivity contribution in [2.75, 3.05) is 0 Å². The van der Waals surface area contributed by atoms with Gasteiger partial charge >= 0.3 is 0 Å². The van der Waals surface area contributed by atoms with Crippen LogP contribution in [0.4, 0.5) is 0 Å². The summed E-state index contributed by atoms with van der Waals surface area (Å²) in [6.07, 6.45) is 4.72. The Balaban J connectivity index is 2.14. The summed E-state index contributed by atoms with van der Waals surface area (Å²) in [5.74, 6) is 0. The summed E-state index contributed by atoms with van der Waals surface area (Å²) >= 11 is 5.83. The Bertz CT molecular complexity index is 628. The molecule has 1 aromatic carbocycles. The maximum atomic E-state index is 5.83. The summed E-state index contributed by atoms with van der Waals surface area (Å²) in [6.45, 7) is 0. The molecule has 0 spiro atoms. The highest BCUT2D eigenvalue weighted by Crippen LogP contribution is 2.19. The summed E-state index contributed by atoms with van der Waals surface area (Å²) in [7, 11) is 0. The van der Waals surface area contributed by atoms with E-state index in [4.69, 9.17) is 11.6 Å². The maximum absolute atomic E-state index is 5.83. The number of hydrogen-bond acceptors (Lipinski definition) is 2. The van der Waals surface area contributed by atoms with Gasteiger partial charge in [0.2, 0.25) is 0 Å². The largest absolute Gasteiger partial charge is 0.228 e. The van der Waals surface area contributed by atoms with E-state index < -0.39 is 0 Å². The molecule has 0 aliphatic rings. The van der Waals surface area contributed by atoms with E-state index in [1.54, 1.807) is 10.7 Å². The third-order valence-corrected chi connectivity index (χ3v) is 2.57. The molecular weight excluding hydrogens is 222 g/mol. The SMILES string of the molecule is Clc1ccc(-c2c[c]n3nccc3n2)cc1. The van der Waals surface area contributed by atoms with Crippen molar-refractivity contribution in [3.05, 3.63) is 53.8 Å². The zero-order chi connectivity index (χ0) is 11.0. The summed E-state index contributed by atoms with van der Waals surface area (Å²) in [5.41, 5.74) is 2.67. The van der Waals surface area contributed by atoms with Crippen molar-refractivity contribution in [3.63, 3.8) is 0 Å². The monoisotopic (exact) mass is 228 g/mol. The Labute approximate surface area is 97.3 Å². The predicted molar refractivity (Wildman–Crippen MR) is 62.3 cm³/mol. The molecule has 0 aliphatic carbocycles. The van der Waals surface area contributed by atoms with E-state index in [9.17, 15) is 0 Å². The van der Waals surface area contributed by atoms with E-state index in [2.05, 4.69) is 16.3 Å². The second kappa shape index (κ2) is 3.61. The number of rotatable bonds is 1. The molecule has 0 atom stereocenters. The van der Waals surface area contributed by atoms with Gasteiger partial charge in [0.05, 0.1) is 18.1 Å². The lowest BCUT2D eigenvalue weighted by Crippen LogP contribution is -1.91. The third-order valence-electron chi connectivity index (χ3n) is 2.32. The average molecular weight is 229 g/mol. The predicted octanol–water partition coefficient (Wildman–Crippen LogP) is 2.85. The van der Waals surface area contributed by atoms with Crippen LogP contribution >= 0.6 is 11.6 Å². The van der Waals surface area contributed by atoms with Crippen LogP contribution in [0.5, 0.6) is 0 Å². The molecule has 0 saturated heterocycles. The van der Waals surface area contributed by atoms with Gasteiger partial charge in [0, 0.05) is 16.7 Å². The second-order valence-electron chi connectivity index (χ2n) is 3.38. The topological polar surface area (TPSA) is 30.2 Å². The summed E-state index contributed by atoms with van der Waals surface area (Å²) in [5, 5.41) is 4.77. The molecule has 3 rings (SSSR count). The first-order chi connectivity index (χ1) is 7.83. The second-order valence-corrected chi connectivity index (χ2v) is 3.82. The van der Waals surface area contributed by atoms with Gasteiger partial charge in [0.15, 0.2) is 5.65 Å². The number of halogens is 1. The number of hydrogen-bond donors (Lipinski definition) is 0. The molecule has 0 bridgehead atoms. The molecule has 2 heterocycles. The van der Waals surface area contributed by atoms with E-state index in [0.29, 0.717) is 0 Å². The van der Waals surface area contributed by atoms with Gasteiger partial charge in [-0.3, -0.25) is 0 Å². The molecule has 1 radical (unpaired) electrons. The zero-order valence-corrected chi connectivity index (χ0v) is 9.02. The van der Waals surface area contributed by atoms with E-state index >= 15 is 0 Å². The molecule has 0 saturated carbocycles.